The molecule has 2 heterocycles. The zero-order valence-corrected chi connectivity index (χ0v) is 17.0. The quantitative estimate of drug-likeness (QED) is 0.545. The van der Waals surface area contributed by atoms with Crippen molar-refractivity contribution < 1.29 is 4.79 Å². The Morgan fingerprint density at radius 3 is 2.66 bits per heavy atom. The maximum atomic E-state index is 12.3. The zero-order chi connectivity index (χ0) is 20.4. The minimum absolute atomic E-state index is 0.0746. The van der Waals surface area contributed by atoms with E-state index >= 15 is 0 Å². The minimum atomic E-state index is -0.277. The van der Waals surface area contributed by atoms with E-state index in [0.717, 1.165) is 20.8 Å². The molecule has 0 atom stereocenters. The number of rotatable bonds is 5. The van der Waals surface area contributed by atoms with Gasteiger partial charge < -0.3 is 5.32 Å². The Labute approximate surface area is 171 Å². The lowest BCUT2D eigenvalue weighted by Gasteiger charge is -2.08. The summed E-state index contributed by atoms with van der Waals surface area (Å²) < 4.78 is 2.46. The average Bonchev–Trinajstić information content (AvgIpc) is 3.13. The number of carbonyl (C=O) groups is 1. The molecule has 2 aromatic carbocycles. The van der Waals surface area contributed by atoms with Crippen LogP contribution >= 0.6 is 11.3 Å². The molecule has 4 aromatic rings. The summed E-state index contributed by atoms with van der Waals surface area (Å²) in [6.07, 6.45) is 2.10. The largest absolute Gasteiger partial charge is 0.325 e. The van der Waals surface area contributed by atoms with Crippen molar-refractivity contribution in [1.29, 1.82) is 0 Å². The van der Waals surface area contributed by atoms with Crippen LogP contribution in [0, 0.1) is 6.92 Å². The summed E-state index contributed by atoms with van der Waals surface area (Å²) in [5, 5.41) is 3.76. The highest BCUT2D eigenvalue weighted by molar-refractivity contribution is 7.21. The van der Waals surface area contributed by atoms with Crippen molar-refractivity contribution in [3.05, 3.63) is 76.5 Å². The molecule has 1 amide bonds. The summed E-state index contributed by atoms with van der Waals surface area (Å²) in [4.78, 5) is 33.1. The molecule has 0 saturated heterocycles. The van der Waals surface area contributed by atoms with Gasteiger partial charge in [-0.05, 0) is 55.3 Å². The van der Waals surface area contributed by atoms with Crippen molar-refractivity contribution in [3.8, 4) is 10.6 Å². The van der Waals surface area contributed by atoms with E-state index in [-0.39, 0.29) is 18.0 Å². The Morgan fingerprint density at radius 1 is 1.14 bits per heavy atom. The number of fused-ring (bicyclic) bond motifs is 1. The molecule has 6 nitrogen and oxygen atoms in total. The van der Waals surface area contributed by atoms with Gasteiger partial charge in [0.15, 0.2) is 0 Å². The zero-order valence-electron chi connectivity index (χ0n) is 16.2. The summed E-state index contributed by atoms with van der Waals surface area (Å²) in [6, 6.07) is 15.2. The summed E-state index contributed by atoms with van der Waals surface area (Å²) in [7, 11) is 0. The van der Waals surface area contributed by atoms with Crippen LogP contribution in [0.15, 0.2) is 59.7 Å². The SMILES string of the molecule is CCc1cc(=O)n(CC(=O)Nc2ccc(-c3nc4ccc(C)cc4s3)cc2)cn1. The lowest BCUT2D eigenvalue weighted by Crippen LogP contribution is -2.27. The number of aromatic nitrogens is 3. The highest BCUT2D eigenvalue weighted by Crippen LogP contribution is 2.31. The van der Waals surface area contributed by atoms with Crippen LogP contribution in [0.1, 0.15) is 18.2 Å². The molecule has 4 rings (SSSR count). The lowest BCUT2D eigenvalue weighted by molar-refractivity contribution is -0.116. The fraction of sp³-hybridized carbons (Fsp3) is 0.182. The number of aryl methyl sites for hydroxylation is 2. The molecule has 1 N–H and O–H groups in total. The third-order valence-electron chi connectivity index (χ3n) is 4.57. The number of hydrogen-bond donors (Lipinski definition) is 1. The van der Waals surface area contributed by atoms with Gasteiger partial charge in [-0.2, -0.15) is 0 Å². The summed E-state index contributed by atoms with van der Waals surface area (Å²) in [6.45, 7) is 3.92. The molecule has 0 aliphatic rings. The van der Waals surface area contributed by atoms with Crippen LogP contribution in [-0.2, 0) is 17.8 Å². The molecule has 0 unspecified atom stereocenters. The van der Waals surface area contributed by atoms with Crippen LogP contribution in [0.25, 0.3) is 20.8 Å². The molecule has 0 aliphatic carbocycles. The molecule has 0 radical (unpaired) electrons. The fourth-order valence-electron chi connectivity index (χ4n) is 2.98. The predicted molar refractivity (Wildman–Crippen MR) is 116 cm³/mol. The van der Waals surface area contributed by atoms with Gasteiger partial charge in [0, 0.05) is 23.0 Å². The molecular weight excluding hydrogens is 384 g/mol. The Morgan fingerprint density at radius 2 is 1.93 bits per heavy atom. The third-order valence-corrected chi connectivity index (χ3v) is 5.64. The van der Waals surface area contributed by atoms with Gasteiger partial charge in [-0.1, -0.05) is 13.0 Å². The first-order chi connectivity index (χ1) is 14.0. The Kier molecular flexibility index (Phi) is 5.22. The predicted octanol–water partition coefficient (Wildman–Crippen LogP) is 4.03. The fourth-order valence-corrected chi connectivity index (χ4v) is 4.05. The van der Waals surface area contributed by atoms with Gasteiger partial charge >= 0.3 is 0 Å². The number of anilines is 1. The first-order valence-electron chi connectivity index (χ1n) is 9.34. The molecule has 29 heavy (non-hydrogen) atoms. The maximum Gasteiger partial charge on any atom is 0.253 e. The molecule has 146 valence electrons. The van der Waals surface area contributed by atoms with E-state index in [1.165, 1.54) is 22.5 Å². The highest BCUT2D eigenvalue weighted by atomic mass is 32.1. The van der Waals surface area contributed by atoms with Crippen LogP contribution in [-0.4, -0.2) is 20.4 Å². The minimum Gasteiger partial charge on any atom is -0.325 e. The molecule has 2 aromatic heterocycles. The average molecular weight is 404 g/mol. The highest BCUT2D eigenvalue weighted by Gasteiger charge is 2.09. The van der Waals surface area contributed by atoms with E-state index in [4.69, 9.17) is 0 Å². The van der Waals surface area contributed by atoms with Crippen LogP contribution in [0.2, 0.25) is 0 Å². The van der Waals surface area contributed by atoms with Gasteiger partial charge in [0.05, 0.1) is 16.5 Å². The number of nitrogens with one attached hydrogen (secondary N) is 1. The number of benzene rings is 2. The van der Waals surface area contributed by atoms with Crippen molar-refractivity contribution in [2.24, 2.45) is 0 Å². The summed E-state index contributed by atoms with van der Waals surface area (Å²) in [5.74, 6) is -0.277. The smallest absolute Gasteiger partial charge is 0.253 e. The van der Waals surface area contributed by atoms with Crippen molar-refractivity contribution in [1.82, 2.24) is 14.5 Å². The molecule has 0 aliphatic heterocycles. The Balaban J connectivity index is 1.46. The van der Waals surface area contributed by atoms with Crippen molar-refractivity contribution in [2.75, 3.05) is 5.32 Å². The molecule has 0 bridgehead atoms. The molecular formula is C22H20N4O2S. The second kappa shape index (κ2) is 7.97. The van der Waals surface area contributed by atoms with E-state index in [9.17, 15) is 9.59 Å². The van der Waals surface area contributed by atoms with Crippen LogP contribution in [0.3, 0.4) is 0 Å². The second-order valence-corrected chi connectivity index (χ2v) is 7.85. The molecule has 0 spiro atoms. The number of thiazole rings is 1. The van der Waals surface area contributed by atoms with Crippen molar-refractivity contribution >= 4 is 33.1 Å². The topological polar surface area (TPSA) is 76.9 Å². The number of amides is 1. The lowest BCUT2D eigenvalue weighted by atomic mass is 10.2. The Bertz CT molecular complexity index is 1240. The standard InChI is InChI=1S/C22H20N4O2S/c1-3-16-11-21(28)26(13-23-16)12-20(27)24-17-7-5-15(6-8-17)22-25-18-9-4-14(2)10-19(18)29-22/h4-11,13H,3,12H2,1-2H3,(H,24,27). The number of carbonyl (C=O) groups excluding carboxylic acids is 1. The summed E-state index contributed by atoms with van der Waals surface area (Å²) >= 11 is 1.65. The van der Waals surface area contributed by atoms with Gasteiger partial charge in [-0.3, -0.25) is 14.2 Å². The third kappa shape index (κ3) is 4.25. The maximum absolute atomic E-state index is 12.3. The van der Waals surface area contributed by atoms with E-state index in [0.29, 0.717) is 17.8 Å². The van der Waals surface area contributed by atoms with Crippen LogP contribution < -0.4 is 10.9 Å². The normalized spacial score (nSPS) is 11.0. The van der Waals surface area contributed by atoms with Gasteiger partial charge in [0.1, 0.15) is 11.6 Å². The monoisotopic (exact) mass is 404 g/mol. The first kappa shape index (κ1) is 19.0. The van der Waals surface area contributed by atoms with Crippen LogP contribution in [0.5, 0.6) is 0 Å². The van der Waals surface area contributed by atoms with Crippen molar-refractivity contribution in [2.45, 2.75) is 26.8 Å². The Hall–Kier alpha value is -3.32. The van der Waals surface area contributed by atoms with Crippen LogP contribution in [0.4, 0.5) is 5.69 Å². The number of nitrogens with zero attached hydrogens (tertiary/aromatic N) is 3. The van der Waals surface area contributed by atoms with E-state index in [1.54, 1.807) is 11.3 Å². The van der Waals surface area contributed by atoms with E-state index in [1.807, 2.05) is 37.3 Å². The first-order valence-corrected chi connectivity index (χ1v) is 10.2. The van der Waals surface area contributed by atoms with Gasteiger partial charge in [0.25, 0.3) is 5.56 Å². The van der Waals surface area contributed by atoms with Crippen molar-refractivity contribution in [3.63, 3.8) is 0 Å². The van der Waals surface area contributed by atoms with E-state index < -0.39 is 0 Å². The second-order valence-electron chi connectivity index (χ2n) is 6.82. The van der Waals surface area contributed by atoms with Gasteiger partial charge in [-0.15, -0.1) is 11.3 Å². The molecule has 0 fully saturated rings. The number of hydrogen-bond acceptors (Lipinski definition) is 5. The van der Waals surface area contributed by atoms with E-state index in [2.05, 4.69) is 34.3 Å². The summed E-state index contributed by atoms with van der Waals surface area (Å²) in [5.41, 5.74) is 4.35. The molecule has 0 saturated carbocycles. The molecule has 7 heteroatoms. The van der Waals surface area contributed by atoms with Gasteiger partial charge in [0.2, 0.25) is 5.91 Å². The van der Waals surface area contributed by atoms with Gasteiger partial charge in [-0.25, -0.2) is 9.97 Å².